The van der Waals surface area contributed by atoms with Crippen LogP contribution in [0.1, 0.15) is 6.92 Å². The maximum atomic E-state index is 11.2. The summed E-state index contributed by atoms with van der Waals surface area (Å²) in [6.07, 6.45) is 1.18. The van der Waals surface area contributed by atoms with Crippen molar-refractivity contribution >= 4 is 11.8 Å². The molecule has 2 aromatic rings. The molecule has 0 aliphatic heterocycles. The first-order chi connectivity index (χ1) is 8.29. The van der Waals surface area contributed by atoms with Crippen LogP contribution in [-0.4, -0.2) is 12.7 Å². The smallest absolute Gasteiger partial charge is 0.411 e. The molecule has 1 aromatic carbocycles. The van der Waals surface area contributed by atoms with E-state index in [4.69, 9.17) is 9.15 Å². The second kappa shape index (κ2) is 5.21. The number of furan rings is 1. The van der Waals surface area contributed by atoms with Gasteiger partial charge in [0.15, 0.2) is 0 Å². The summed E-state index contributed by atoms with van der Waals surface area (Å²) < 4.78 is 10.0. The molecule has 0 saturated heterocycles. The van der Waals surface area contributed by atoms with E-state index < -0.39 is 6.09 Å². The number of nitrogens with one attached hydrogen (secondary N) is 1. The molecular formula is C13H13NO3. The molecule has 0 aliphatic carbocycles. The number of benzene rings is 1. The highest BCUT2D eigenvalue weighted by Crippen LogP contribution is 2.21. The van der Waals surface area contributed by atoms with Crippen LogP contribution in [0.3, 0.4) is 0 Å². The Balaban J connectivity index is 2.06. The molecule has 0 aliphatic rings. The van der Waals surface area contributed by atoms with Gasteiger partial charge in [-0.05, 0) is 43.3 Å². The minimum absolute atomic E-state index is 0.357. The van der Waals surface area contributed by atoms with Gasteiger partial charge in [0.1, 0.15) is 5.76 Å². The molecule has 0 bridgehead atoms. The van der Waals surface area contributed by atoms with E-state index in [1.807, 2.05) is 24.3 Å². The van der Waals surface area contributed by atoms with Crippen molar-refractivity contribution in [2.75, 3.05) is 11.9 Å². The number of ether oxygens (including phenoxy) is 1. The Morgan fingerprint density at radius 1 is 1.29 bits per heavy atom. The summed E-state index contributed by atoms with van der Waals surface area (Å²) in [5.74, 6) is 0.799. The van der Waals surface area contributed by atoms with E-state index in [0.717, 1.165) is 11.3 Å². The van der Waals surface area contributed by atoms with Gasteiger partial charge in [-0.25, -0.2) is 4.79 Å². The quantitative estimate of drug-likeness (QED) is 0.879. The average molecular weight is 231 g/mol. The largest absolute Gasteiger partial charge is 0.464 e. The van der Waals surface area contributed by atoms with Gasteiger partial charge in [-0.1, -0.05) is 0 Å². The zero-order valence-electron chi connectivity index (χ0n) is 9.47. The summed E-state index contributed by atoms with van der Waals surface area (Å²) in [7, 11) is 0. The summed E-state index contributed by atoms with van der Waals surface area (Å²) in [4.78, 5) is 11.2. The lowest BCUT2D eigenvalue weighted by atomic mass is 10.1. The highest BCUT2D eigenvalue weighted by molar-refractivity contribution is 5.84. The summed E-state index contributed by atoms with van der Waals surface area (Å²) >= 11 is 0. The van der Waals surface area contributed by atoms with E-state index in [1.165, 1.54) is 0 Å². The van der Waals surface area contributed by atoms with Gasteiger partial charge >= 0.3 is 6.09 Å². The van der Waals surface area contributed by atoms with Crippen molar-refractivity contribution in [3.05, 3.63) is 42.7 Å². The molecule has 4 heteroatoms. The lowest BCUT2D eigenvalue weighted by Gasteiger charge is -2.05. The topological polar surface area (TPSA) is 51.5 Å². The number of carbonyl (C=O) groups is 1. The van der Waals surface area contributed by atoms with E-state index in [2.05, 4.69) is 5.32 Å². The fourth-order valence-electron chi connectivity index (χ4n) is 1.45. The van der Waals surface area contributed by atoms with Crippen LogP contribution < -0.4 is 5.32 Å². The third-order valence-corrected chi connectivity index (χ3v) is 2.21. The van der Waals surface area contributed by atoms with Crippen LogP contribution in [0.5, 0.6) is 0 Å². The van der Waals surface area contributed by atoms with Crippen LogP contribution in [-0.2, 0) is 4.74 Å². The van der Waals surface area contributed by atoms with E-state index in [-0.39, 0.29) is 0 Å². The lowest BCUT2D eigenvalue weighted by Crippen LogP contribution is -2.12. The monoisotopic (exact) mass is 231 g/mol. The van der Waals surface area contributed by atoms with Gasteiger partial charge in [-0.15, -0.1) is 0 Å². The second-order valence-corrected chi connectivity index (χ2v) is 3.40. The van der Waals surface area contributed by atoms with E-state index >= 15 is 0 Å². The molecule has 1 heterocycles. The number of amides is 1. The molecule has 0 fully saturated rings. The molecule has 0 saturated carbocycles. The first kappa shape index (κ1) is 11.3. The third-order valence-electron chi connectivity index (χ3n) is 2.21. The van der Waals surface area contributed by atoms with Crippen molar-refractivity contribution in [2.45, 2.75) is 6.92 Å². The van der Waals surface area contributed by atoms with Crippen molar-refractivity contribution in [1.29, 1.82) is 0 Å². The van der Waals surface area contributed by atoms with Crippen molar-refractivity contribution in [3.8, 4) is 11.3 Å². The fourth-order valence-corrected chi connectivity index (χ4v) is 1.45. The molecule has 0 spiro atoms. The van der Waals surface area contributed by atoms with Crippen LogP contribution in [0.4, 0.5) is 10.5 Å². The number of anilines is 1. The van der Waals surface area contributed by atoms with Crippen molar-refractivity contribution in [2.24, 2.45) is 0 Å². The van der Waals surface area contributed by atoms with Crippen LogP contribution in [0, 0.1) is 0 Å². The molecule has 4 nitrogen and oxygen atoms in total. The van der Waals surface area contributed by atoms with Gasteiger partial charge in [0.2, 0.25) is 0 Å². The Labute approximate surface area is 99.2 Å². The fraction of sp³-hybridized carbons (Fsp3) is 0.154. The maximum absolute atomic E-state index is 11.2. The molecule has 0 radical (unpaired) electrons. The SMILES string of the molecule is CCOC(=O)Nc1ccc(-c2ccco2)cc1. The first-order valence-electron chi connectivity index (χ1n) is 5.37. The zero-order chi connectivity index (χ0) is 12.1. The number of rotatable bonds is 3. The molecule has 0 atom stereocenters. The van der Waals surface area contributed by atoms with Gasteiger partial charge < -0.3 is 9.15 Å². The third kappa shape index (κ3) is 2.87. The van der Waals surface area contributed by atoms with E-state index in [9.17, 15) is 4.79 Å². The number of hydrogen-bond donors (Lipinski definition) is 1. The van der Waals surface area contributed by atoms with Crippen LogP contribution in [0.25, 0.3) is 11.3 Å². The Hall–Kier alpha value is -2.23. The molecule has 1 aromatic heterocycles. The standard InChI is InChI=1S/C13H13NO3/c1-2-16-13(15)14-11-7-5-10(6-8-11)12-4-3-9-17-12/h3-9H,2H2,1H3,(H,14,15). The highest BCUT2D eigenvalue weighted by Gasteiger charge is 2.03. The van der Waals surface area contributed by atoms with Gasteiger partial charge in [-0.2, -0.15) is 0 Å². The normalized spacial score (nSPS) is 9.94. The molecule has 1 N–H and O–H groups in total. The Kier molecular flexibility index (Phi) is 3.45. The summed E-state index contributed by atoms with van der Waals surface area (Å²) in [5.41, 5.74) is 1.66. The highest BCUT2D eigenvalue weighted by atomic mass is 16.5. The Bertz CT molecular complexity index is 474. The van der Waals surface area contributed by atoms with Gasteiger partial charge in [0, 0.05) is 11.3 Å². The average Bonchev–Trinajstić information content (AvgIpc) is 2.84. The van der Waals surface area contributed by atoms with Crippen molar-refractivity contribution in [3.63, 3.8) is 0 Å². The lowest BCUT2D eigenvalue weighted by molar-refractivity contribution is 0.168. The maximum Gasteiger partial charge on any atom is 0.411 e. The molecule has 0 unspecified atom stereocenters. The Morgan fingerprint density at radius 2 is 2.06 bits per heavy atom. The molecular weight excluding hydrogens is 218 g/mol. The van der Waals surface area contributed by atoms with Crippen molar-refractivity contribution in [1.82, 2.24) is 0 Å². The van der Waals surface area contributed by atoms with Crippen LogP contribution in [0.15, 0.2) is 47.1 Å². The van der Waals surface area contributed by atoms with Crippen LogP contribution in [0.2, 0.25) is 0 Å². The Morgan fingerprint density at radius 3 is 2.65 bits per heavy atom. The molecule has 17 heavy (non-hydrogen) atoms. The minimum Gasteiger partial charge on any atom is -0.464 e. The van der Waals surface area contributed by atoms with Crippen molar-refractivity contribution < 1.29 is 13.9 Å². The molecule has 2 rings (SSSR count). The van der Waals surface area contributed by atoms with Gasteiger partial charge in [0.25, 0.3) is 0 Å². The predicted molar refractivity (Wildman–Crippen MR) is 64.8 cm³/mol. The van der Waals surface area contributed by atoms with Gasteiger partial charge in [0.05, 0.1) is 12.9 Å². The van der Waals surface area contributed by atoms with E-state index in [0.29, 0.717) is 12.3 Å². The summed E-state index contributed by atoms with van der Waals surface area (Å²) in [6.45, 7) is 2.12. The zero-order valence-corrected chi connectivity index (χ0v) is 9.47. The minimum atomic E-state index is -0.446. The second-order valence-electron chi connectivity index (χ2n) is 3.40. The van der Waals surface area contributed by atoms with E-state index in [1.54, 1.807) is 25.3 Å². The number of hydrogen-bond acceptors (Lipinski definition) is 3. The predicted octanol–water partition coefficient (Wildman–Crippen LogP) is 3.52. The van der Waals surface area contributed by atoms with Gasteiger partial charge in [-0.3, -0.25) is 5.32 Å². The molecule has 88 valence electrons. The summed E-state index contributed by atoms with van der Waals surface area (Å²) in [6, 6.07) is 11.1. The number of carbonyl (C=O) groups excluding carboxylic acids is 1. The summed E-state index contributed by atoms with van der Waals surface area (Å²) in [5, 5.41) is 2.62. The molecule has 1 amide bonds. The first-order valence-corrected chi connectivity index (χ1v) is 5.37. The van der Waals surface area contributed by atoms with Crippen LogP contribution >= 0.6 is 0 Å².